The fraction of sp³-hybridized carbons (Fsp3) is 0.636. The van der Waals surface area contributed by atoms with Gasteiger partial charge in [0.05, 0.1) is 7.11 Å². The minimum absolute atomic E-state index is 0.0726. The van der Waals surface area contributed by atoms with Crippen LogP contribution in [-0.4, -0.2) is 18.9 Å². The summed E-state index contributed by atoms with van der Waals surface area (Å²) in [7, 11) is 1.35. The van der Waals surface area contributed by atoms with Crippen molar-refractivity contribution >= 4 is 11.8 Å². The van der Waals surface area contributed by atoms with Crippen molar-refractivity contribution in [2.75, 3.05) is 7.11 Å². The molecule has 80 valence electrons. The number of esters is 1. The SMILES string of the molecule is C=CCC(CCC(=O)OC)C(=O)CC. The van der Waals surface area contributed by atoms with Crippen LogP contribution in [0.4, 0.5) is 0 Å². The van der Waals surface area contributed by atoms with Gasteiger partial charge >= 0.3 is 5.97 Å². The molecule has 1 atom stereocenters. The third kappa shape index (κ3) is 4.80. The van der Waals surface area contributed by atoms with E-state index in [1.54, 1.807) is 6.08 Å². The number of hydrogen-bond donors (Lipinski definition) is 0. The van der Waals surface area contributed by atoms with Crippen LogP contribution >= 0.6 is 0 Å². The molecule has 0 heterocycles. The molecule has 3 nitrogen and oxygen atoms in total. The van der Waals surface area contributed by atoms with E-state index in [9.17, 15) is 9.59 Å². The van der Waals surface area contributed by atoms with Crippen molar-refractivity contribution < 1.29 is 14.3 Å². The number of carbonyl (C=O) groups is 2. The molecule has 0 N–H and O–H groups in total. The second kappa shape index (κ2) is 7.30. The number of carbonyl (C=O) groups excluding carboxylic acids is 2. The molecule has 3 heteroatoms. The maximum Gasteiger partial charge on any atom is 0.305 e. The number of methoxy groups -OCH3 is 1. The van der Waals surface area contributed by atoms with Crippen molar-refractivity contribution in [1.82, 2.24) is 0 Å². The molecule has 0 aliphatic heterocycles. The van der Waals surface area contributed by atoms with Crippen LogP contribution in [0.15, 0.2) is 12.7 Å². The number of ether oxygens (including phenoxy) is 1. The Morgan fingerprint density at radius 3 is 2.57 bits per heavy atom. The van der Waals surface area contributed by atoms with Crippen molar-refractivity contribution in [3.63, 3.8) is 0 Å². The molecule has 0 amide bonds. The van der Waals surface area contributed by atoms with Crippen molar-refractivity contribution in [3.05, 3.63) is 12.7 Å². The Kier molecular flexibility index (Phi) is 6.72. The fourth-order valence-corrected chi connectivity index (χ4v) is 1.29. The second-order valence-corrected chi connectivity index (χ2v) is 3.16. The summed E-state index contributed by atoms with van der Waals surface area (Å²) in [6.45, 7) is 5.43. The molecule has 0 aromatic carbocycles. The summed E-state index contributed by atoms with van der Waals surface area (Å²) in [5.74, 6) is -0.145. The van der Waals surface area contributed by atoms with Gasteiger partial charge in [-0.25, -0.2) is 0 Å². The number of Topliss-reactive ketones (excluding diaryl/α,β-unsaturated/α-hetero) is 1. The summed E-state index contributed by atoms with van der Waals surface area (Å²) in [5.41, 5.74) is 0. The first kappa shape index (κ1) is 12.9. The molecule has 0 rings (SSSR count). The topological polar surface area (TPSA) is 43.4 Å². The van der Waals surface area contributed by atoms with Crippen LogP contribution in [0, 0.1) is 5.92 Å². The summed E-state index contributed by atoms with van der Waals surface area (Å²) in [6, 6.07) is 0. The monoisotopic (exact) mass is 198 g/mol. The van der Waals surface area contributed by atoms with Crippen LogP contribution in [0.3, 0.4) is 0 Å². The highest BCUT2D eigenvalue weighted by Crippen LogP contribution is 2.15. The van der Waals surface area contributed by atoms with Gasteiger partial charge in [-0.05, 0) is 12.8 Å². The third-order valence-corrected chi connectivity index (χ3v) is 2.18. The van der Waals surface area contributed by atoms with Gasteiger partial charge in [-0.2, -0.15) is 0 Å². The van der Waals surface area contributed by atoms with Crippen molar-refractivity contribution in [3.8, 4) is 0 Å². The summed E-state index contributed by atoms with van der Waals surface area (Å²) < 4.78 is 4.52. The first-order valence-electron chi connectivity index (χ1n) is 4.86. The Labute approximate surface area is 85.1 Å². The Hall–Kier alpha value is -1.12. The molecule has 0 fully saturated rings. The molecule has 0 saturated carbocycles. The molecule has 0 aliphatic carbocycles. The maximum atomic E-state index is 11.4. The van der Waals surface area contributed by atoms with Crippen LogP contribution in [-0.2, 0) is 14.3 Å². The van der Waals surface area contributed by atoms with E-state index < -0.39 is 0 Å². The Morgan fingerprint density at radius 1 is 1.50 bits per heavy atom. The van der Waals surface area contributed by atoms with E-state index in [4.69, 9.17) is 0 Å². The molecule has 0 aliphatic rings. The zero-order chi connectivity index (χ0) is 11.0. The maximum absolute atomic E-state index is 11.4. The van der Waals surface area contributed by atoms with E-state index in [2.05, 4.69) is 11.3 Å². The molecule has 0 aromatic heterocycles. The Balaban J connectivity index is 4.02. The Morgan fingerprint density at radius 2 is 2.14 bits per heavy atom. The summed E-state index contributed by atoms with van der Waals surface area (Å²) in [6.07, 6.45) is 3.74. The molecule has 14 heavy (non-hydrogen) atoms. The van der Waals surface area contributed by atoms with Crippen LogP contribution in [0.25, 0.3) is 0 Å². The lowest BCUT2D eigenvalue weighted by atomic mass is 9.93. The van der Waals surface area contributed by atoms with Gasteiger partial charge < -0.3 is 4.74 Å². The van der Waals surface area contributed by atoms with Gasteiger partial charge in [-0.3, -0.25) is 9.59 Å². The highest BCUT2D eigenvalue weighted by Gasteiger charge is 2.16. The second-order valence-electron chi connectivity index (χ2n) is 3.16. The van der Waals surface area contributed by atoms with E-state index in [-0.39, 0.29) is 17.7 Å². The zero-order valence-corrected chi connectivity index (χ0v) is 8.91. The van der Waals surface area contributed by atoms with Crippen LogP contribution in [0.5, 0.6) is 0 Å². The molecule has 1 unspecified atom stereocenters. The largest absolute Gasteiger partial charge is 0.469 e. The number of hydrogen-bond acceptors (Lipinski definition) is 3. The average molecular weight is 198 g/mol. The molecule has 0 saturated heterocycles. The number of allylic oxidation sites excluding steroid dienone is 1. The van der Waals surface area contributed by atoms with E-state index in [0.717, 1.165) is 0 Å². The molecular formula is C11H18O3. The van der Waals surface area contributed by atoms with Gasteiger partial charge in [-0.1, -0.05) is 13.0 Å². The Bertz CT molecular complexity index is 209. The summed E-state index contributed by atoms with van der Waals surface area (Å²) >= 11 is 0. The summed E-state index contributed by atoms with van der Waals surface area (Å²) in [5, 5.41) is 0. The minimum atomic E-state index is -0.261. The highest BCUT2D eigenvalue weighted by atomic mass is 16.5. The van der Waals surface area contributed by atoms with Crippen LogP contribution < -0.4 is 0 Å². The van der Waals surface area contributed by atoms with Gasteiger partial charge in [0.2, 0.25) is 0 Å². The summed E-state index contributed by atoms with van der Waals surface area (Å²) in [4.78, 5) is 22.3. The number of ketones is 1. The number of rotatable bonds is 7. The fourth-order valence-electron chi connectivity index (χ4n) is 1.29. The molecule has 0 spiro atoms. The van der Waals surface area contributed by atoms with E-state index in [1.807, 2.05) is 6.92 Å². The smallest absolute Gasteiger partial charge is 0.305 e. The van der Waals surface area contributed by atoms with Crippen molar-refractivity contribution in [2.24, 2.45) is 5.92 Å². The average Bonchev–Trinajstić information content (AvgIpc) is 2.22. The standard InChI is InChI=1S/C11H18O3/c1-4-6-9(10(12)5-2)7-8-11(13)14-3/h4,9H,1,5-8H2,2-3H3. The van der Waals surface area contributed by atoms with Gasteiger partial charge in [0.15, 0.2) is 0 Å². The van der Waals surface area contributed by atoms with Gasteiger partial charge in [0, 0.05) is 18.8 Å². The van der Waals surface area contributed by atoms with Gasteiger partial charge in [-0.15, -0.1) is 6.58 Å². The normalized spacial score (nSPS) is 11.9. The first-order valence-corrected chi connectivity index (χ1v) is 4.86. The van der Waals surface area contributed by atoms with E-state index >= 15 is 0 Å². The minimum Gasteiger partial charge on any atom is -0.469 e. The molecule has 0 aromatic rings. The van der Waals surface area contributed by atoms with E-state index in [0.29, 0.717) is 25.7 Å². The predicted octanol–water partition coefficient (Wildman–Crippen LogP) is 2.11. The van der Waals surface area contributed by atoms with Gasteiger partial charge in [0.25, 0.3) is 0 Å². The first-order chi connectivity index (χ1) is 6.65. The lowest BCUT2D eigenvalue weighted by Gasteiger charge is -2.11. The predicted molar refractivity (Wildman–Crippen MR) is 54.9 cm³/mol. The molecule has 0 bridgehead atoms. The van der Waals surface area contributed by atoms with Crippen molar-refractivity contribution in [2.45, 2.75) is 32.6 Å². The zero-order valence-electron chi connectivity index (χ0n) is 8.91. The molecule has 0 radical (unpaired) electrons. The van der Waals surface area contributed by atoms with Crippen molar-refractivity contribution in [1.29, 1.82) is 0 Å². The van der Waals surface area contributed by atoms with Gasteiger partial charge in [0.1, 0.15) is 5.78 Å². The van der Waals surface area contributed by atoms with E-state index in [1.165, 1.54) is 7.11 Å². The third-order valence-electron chi connectivity index (χ3n) is 2.18. The molecular weight excluding hydrogens is 180 g/mol. The van der Waals surface area contributed by atoms with Crippen LogP contribution in [0.2, 0.25) is 0 Å². The lowest BCUT2D eigenvalue weighted by molar-refractivity contribution is -0.141. The van der Waals surface area contributed by atoms with Crippen LogP contribution in [0.1, 0.15) is 32.6 Å². The quantitative estimate of drug-likeness (QED) is 0.465. The lowest BCUT2D eigenvalue weighted by Crippen LogP contribution is -2.15. The highest BCUT2D eigenvalue weighted by molar-refractivity contribution is 5.81.